The number of ether oxygens (including phenoxy) is 1. The molecule has 0 spiro atoms. The third-order valence-corrected chi connectivity index (χ3v) is 2.73. The minimum atomic E-state index is -0.551. The Hall–Kier alpha value is -0.940. The standard InChI is InChI=1S/C12H23N3O2/c1-5-8-12(4,13)11-14-10(15-17-11)9(6-2)16-7-3/h9H,5-8,13H2,1-4H3. The summed E-state index contributed by atoms with van der Waals surface area (Å²) in [4.78, 5) is 4.36. The predicted molar refractivity (Wildman–Crippen MR) is 65.4 cm³/mol. The topological polar surface area (TPSA) is 74.2 Å². The van der Waals surface area contributed by atoms with Gasteiger partial charge in [-0.25, -0.2) is 0 Å². The molecule has 2 atom stereocenters. The smallest absolute Gasteiger partial charge is 0.246 e. The number of nitrogens with zero attached hydrogens (tertiary/aromatic N) is 2. The van der Waals surface area contributed by atoms with Crippen molar-refractivity contribution in [2.45, 2.75) is 58.6 Å². The summed E-state index contributed by atoms with van der Waals surface area (Å²) in [6, 6.07) is 0. The first-order chi connectivity index (χ1) is 8.05. The second-order valence-electron chi connectivity index (χ2n) is 4.48. The highest BCUT2D eigenvalue weighted by Crippen LogP contribution is 2.24. The third-order valence-electron chi connectivity index (χ3n) is 2.73. The molecule has 17 heavy (non-hydrogen) atoms. The molecule has 0 bridgehead atoms. The molecule has 2 N–H and O–H groups in total. The van der Waals surface area contributed by atoms with E-state index in [0.717, 1.165) is 19.3 Å². The Morgan fingerprint density at radius 2 is 2.12 bits per heavy atom. The summed E-state index contributed by atoms with van der Waals surface area (Å²) in [5.74, 6) is 1.09. The summed E-state index contributed by atoms with van der Waals surface area (Å²) in [5.41, 5.74) is 5.59. The van der Waals surface area contributed by atoms with Crippen molar-refractivity contribution < 1.29 is 9.26 Å². The summed E-state index contributed by atoms with van der Waals surface area (Å²) in [6.07, 6.45) is 2.52. The van der Waals surface area contributed by atoms with Crippen molar-refractivity contribution in [3.63, 3.8) is 0 Å². The lowest BCUT2D eigenvalue weighted by Gasteiger charge is -2.18. The van der Waals surface area contributed by atoms with E-state index in [1.54, 1.807) is 0 Å². The van der Waals surface area contributed by atoms with Crippen LogP contribution in [0.5, 0.6) is 0 Å². The third kappa shape index (κ3) is 3.51. The highest BCUT2D eigenvalue weighted by molar-refractivity contribution is 5.01. The van der Waals surface area contributed by atoms with E-state index in [2.05, 4.69) is 17.1 Å². The molecule has 0 radical (unpaired) electrons. The molecule has 0 saturated carbocycles. The fourth-order valence-corrected chi connectivity index (χ4v) is 1.80. The molecular formula is C12H23N3O2. The van der Waals surface area contributed by atoms with Crippen molar-refractivity contribution in [1.29, 1.82) is 0 Å². The molecular weight excluding hydrogens is 218 g/mol. The number of hydrogen-bond acceptors (Lipinski definition) is 5. The summed E-state index contributed by atoms with van der Waals surface area (Å²) >= 11 is 0. The lowest BCUT2D eigenvalue weighted by molar-refractivity contribution is 0.0518. The van der Waals surface area contributed by atoms with Crippen LogP contribution in [0.4, 0.5) is 0 Å². The van der Waals surface area contributed by atoms with Crippen LogP contribution in [0, 0.1) is 0 Å². The van der Waals surface area contributed by atoms with Gasteiger partial charge in [0.05, 0.1) is 5.54 Å². The zero-order chi connectivity index (χ0) is 12.9. The van der Waals surface area contributed by atoms with E-state index in [1.807, 2.05) is 20.8 Å². The van der Waals surface area contributed by atoms with Gasteiger partial charge in [0.1, 0.15) is 6.10 Å². The monoisotopic (exact) mass is 241 g/mol. The Kier molecular flexibility index (Phi) is 5.08. The molecule has 0 fully saturated rings. The first-order valence-corrected chi connectivity index (χ1v) is 6.29. The highest BCUT2D eigenvalue weighted by atomic mass is 16.5. The quantitative estimate of drug-likeness (QED) is 0.794. The van der Waals surface area contributed by atoms with Crippen LogP contribution in [0.3, 0.4) is 0 Å². The Bertz CT molecular complexity index is 336. The maximum atomic E-state index is 6.14. The van der Waals surface area contributed by atoms with Crippen LogP contribution in [0.25, 0.3) is 0 Å². The minimum absolute atomic E-state index is 0.102. The molecule has 5 nitrogen and oxygen atoms in total. The number of hydrogen-bond donors (Lipinski definition) is 1. The summed E-state index contributed by atoms with van der Waals surface area (Å²) in [5, 5.41) is 3.96. The molecule has 1 heterocycles. The largest absolute Gasteiger partial charge is 0.370 e. The normalized spacial score (nSPS) is 16.8. The van der Waals surface area contributed by atoms with Gasteiger partial charge < -0.3 is 15.0 Å². The maximum absolute atomic E-state index is 6.14. The van der Waals surface area contributed by atoms with Gasteiger partial charge in [-0.15, -0.1) is 0 Å². The molecule has 1 aromatic heterocycles. The SMILES string of the molecule is CCCC(C)(N)c1nc(C(CC)OCC)no1. The van der Waals surface area contributed by atoms with Gasteiger partial charge in [-0.2, -0.15) is 4.98 Å². The lowest BCUT2D eigenvalue weighted by atomic mass is 9.98. The molecule has 0 aliphatic heterocycles. The first-order valence-electron chi connectivity index (χ1n) is 6.29. The fraction of sp³-hybridized carbons (Fsp3) is 0.833. The van der Waals surface area contributed by atoms with Gasteiger partial charge in [0.2, 0.25) is 11.7 Å². The second-order valence-corrected chi connectivity index (χ2v) is 4.48. The van der Waals surface area contributed by atoms with Crippen molar-refractivity contribution in [3.05, 3.63) is 11.7 Å². The van der Waals surface area contributed by atoms with Crippen LogP contribution in [0.15, 0.2) is 4.52 Å². The van der Waals surface area contributed by atoms with Crippen molar-refractivity contribution in [2.75, 3.05) is 6.61 Å². The van der Waals surface area contributed by atoms with E-state index in [-0.39, 0.29) is 6.10 Å². The van der Waals surface area contributed by atoms with Crippen LogP contribution < -0.4 is 5.73 Å². The Morgan fingerprint density at radius 3 is 2.65 bits per heavy atom. The molecule has 1 rings (SSSR count). The number of aromatic nitrogens is 2. The van der Waals surface area contributed by atoms with Gasteiger partial charge in [0.15, 0.2) is 0 Å². The Labute approximate surface area is 103 Å². The Morgan fingerprint density at radius 1 is 1.41 bits per heavy atom. The number of rotatable bonds is 7. The van der Waals surface area contributed by atoms with E-state index in [4.69, 9.17) is 15.0 Å². The highest BCUT2D eigenvalue weighted by Gasteiger charge is 2.28. The van der Waals surface area contributed by atoms with Gasteiger partial charge in [-0.3, -0.25) is 0 Å². The molecule has 5 heteroatoms. The van der Waals surface area contributed by atoms with Crippen LogP contribution >= 0.6 is 0 Å². The molecule has 2 unspecified atom stereocenters. The van der Waals surface area contributed by atoms with E-state index < -0.39 is 5.54 Å². The van der Waals surface area contributed by atoms with Gasteiger partial charge in [0.25, 0.3) is 0 Å². The molecule has 1 aromatic rings. The summed E-state index contributed by atoms with van der Waals surface area (Å²) in [7, 11) is 0. The van der Waals surface area contributed by atoms with E-state index >= 15 is 0 Å². The van der Waals surface area contributed by atoms with Crippen molar-refractivity contribution in [3.8, 4) is 0 Å². The van der Waals surface area contributed by atoms with E-state index in [1.165, 1.54) is 0 Å². The van der Waals surface area contributed by atoms with Gasteiger partial charge in [-0.1, -0.05) is 25.4 Å². The Balaban J connectivity index is 2.82. The van der Waals surface area contributed by atoms with Crippen LogP contribution in [-0.4, -0.2) is 16.7 Å². The van der Waals surface area contributed by atoms with Crippen molar-refractivity contribution in [1.82, 2.24) is 10.1 Å². The average Bonchev–Trinajstić information content (AvgIpc) is 2.75. The predicted octanol–water partition coefficient (Wildman–Crippen LogP) is 2.53. The van der Waals surface area contributed by atoms with Gasteiger partial charge in [-0.05, 0) is 26.7 Å². The first kappa shape index (κ1) is 14.1. The molecule has 0 aromatic carbocycles. The zero-order valence-corrected chi connectivity index (χ0v) is 11.2. The van der Waals surface area contributed by atoms with Crippen molar-refractivity contribution >= 4 is 0 Å². The lowest BCUT2D eigenvalue weighted by Crippen LogP contribution is -2.33. The molecule has 0 aliphatic carbocycles. The van der Waals surface area contributed by atoms with Gasteiger partial charge in [0, 0.05) is 6.61 Å². The fourth-order valence-electron chi connectivity index (χ4n) is 1.80. The van der Waals surface area contributed by atoms with Crippen molar-refractivity contribution in [2.24, 2.45) is 5.73 Å². The maximum Gasteiger partial charge on any atom is 0.246 e. The molecule has 98 valence electrons. The average molecular weight is 241 g/mol. The summed E-state index contributed by atoms with van der Waals surface area (Å²) < 4.78 is 10.8. The zero-order valence-electron chi connectivity index (χ0n) is 11.2. The van der Waals surface area contributed by atoms with E-state index in [9.17, 15) is 0 Å². The van der Waals surface area contributed by atoms with Gasteiger partial charge >= 0.3 is 0 Å². The van der Waals surface area contributed by atoms with Crippen LogP contribution in [0.1, 0.15) is 64.8 Å². The summed E-state index contributed by atoms with van der Waals surface area (Å²) in [6.45, 7) is 8.61. The second kappa shape index (κ2) is 6.12. The minimum Gasteiger partial charge on any atom is -0.370 e. The van der Waals surface area contributed by atoms with Crippen LogP contribution in [-0.2, 0) is 10.3 Å². The number of nitrogens with two attached hydrogens (primary N) is 1. The molecule has 0 aliphatic rings. The molecule has 0 amide bonds. The molecule has 0 saturated heterocycles. The van der Waals surface area contributed by atoms with E-state index in [0.29, 0.717) is 18.3 Å². The van der Waals surface area contributed by atoms with Crippen LogP contribution in [0.2, 0.25) is 0 Å².